The lowest BCUT2D eigenvalue weighted by atomic mass is 9.97. The highest BCUT2D eigenvalue weighted by atomic mass is 16.5. The highest BCUT2D eigenvalue weighted by molar-refractivity contribution is 6.01. The van der Waals surface area contributed by atoms with Gasteiger partial charge in [-0.15, -0.1) is 0 Å². The Labute approximate surface area is 128 Å². The number of methoxy groups -OCH3 is 1. The second-order valence-electron chi connectivity index (χ2n) is 5.72. The molecule has 2 atom stereocenters. The van der Waals surface area contributed by atoms with E-state index in [0.29, 0.717) is 30.3 Å². The van der Waals surface area contributed by atoms with Gasteiger partial charge in [-0.05, 0) is 30.5 Å². The third kappa shape index (κ3) is 2.64. The van der Waals surface area contributed by atoms with Crippen molar-refractivity contribution in [3.8, 4) is 5.75 Å². The van der Waals surface area contributed by atoms with Gasteiger partial charge in [-0.2, -0.15) is 0 Å². The summed E-state index contributed by atoms with van der Waals surface area (Å²) in [6.45, 7) is 2.71. The summed E-state index contributed by atoms with van der Waals surface area (Å²) in [7, 11) is 1.59. The maximum absolute atomic E-state index is 12.4. The molecule has 2 aromatic rings. The van der Waals surface area contributed by atoms with E-state index >= 15 is 0 Å². The topological polar surface area (TPSA) is 83.2 Å². The molecule has 116 valence electrons. The van der Waals surface area contributed by atoms with Crippen LogP contribution < -0.4 is 15.4 Å². The summed E-state index contributed by atoms with van der Waals surface area (Å²) in [6, 6.07) is 6.84. The van der Waals surface area contributed by atoms with Crippen molar-refractivity contribution < 1.29 is 14.3 Å². The van der Waals surface area contributed by atoms with Crippen molar-refractivity contribution in [2.75, 3.05) is 13.7 Å². The number of carbonyl (C=O) groups excluding carboxylic acids is 2. The van der Waals surface area contributed by atoms with Crippen LogP contribution in [0.5, 0.6) is 5.75 Å². The van der Waals surface area contributed by atoms with Crippen LogP contribution >= 0.6 is 0 Å². The van der Waals surface area contributed by atoms with Crippen LogP contribution in [0.4, 0.5) is 0 Å². The molecule has 0 saturated carbocycles. The molecule has 6 nitrogen and oxygen atoms in total. The Morgan fingerprint density at radius 2 is 2.23 bits per heavy atom. The first-order chi connectivity index (χ1) is 10.6. The van der Waals surface area contributed by atoms with E-state index in [0.717, 1.165) is 10.9 Å². The highest BCUT2D eigenvalue weighted by Crippen LogP contribution is 2.26. The van der Waals surface area contributed by atoms with Crippen LogP contribution in [0.2, 0.25) is 0 Å². The molecule has 2 amide bonds. The molecule has 0 spiro atoms. The van der Waals surface area contributed by atoms with Crippen molar-refractivity contribution in [3.05, 3.63) is 30.0 Å². The van der Waals surface area contributed by atoms with Gasteiger partial charge in [-0.3, -0.25) is 9.59 Å². The van der Waals surface area contributed by atoms with E-state index in [-0.39, 0.29) is 11.8 Å². The first-order valence-electron chi connectivity index (χ1n) is 7.32. The number of H-pyrrole nitrogens is 1. The van der Waals surface area contributed by atoms with Crippen LogP contribution in [0.3, 0.4) is 0 Å². The van der Waals surface area contributed by atoms with Gasteiger partial charge in [0, 0.05) is 17.4 Å². The molecule has 2 heterocycles. The van der Waals surface area contributed by atoms with E-state index in [1.54, 1.807) is 13.2 Å². The maximum atomic E-state index is 12.4. The molecule has 6 heteroatoms. The van der Waals surface area contributed by atoms with Crippen molar-refractivity contribution in [3.63, 3.8) is 0 Å². The van der Waals surface area contributed by atoms with E-state index in [1.165, 1.54) is 0 Å². The van der Waals surface area contributed by atoms with Crippen molar-refractivity contribution in [2.45, 2.75) is 19.4 Å². The molecule has 1 aromatic heterocycles. The molecule has 1 aliphatic heterocycles. The monoisotopic (exact) mass is 301 g/mol. The van der Waals surface area contributed by atoms with Gasteiger partial charge in [0.2, 0.25) is 5.91 Å². The molecule has 0 bridgehead atoms. The molecule has 1 fully saturated rings. The molecule has 3 rings (SSSR count). The number of aromatic amines is 1. The fourth-order valence-corrected chi connectivity index (χ4v) is 2.78. The van der Waals surface area contributed by atoms with Crippen LogP contribution in [-0.2, 0) is 4.79 Å². The zero-order valence-electron chi connectivity index (χ0n) is 12.6. The van der Waals surface area contributed by atoms with Crippen LogP contribution in [0.25, 0.3) is 10.9 Å². The molecular weight excluding hydrogens is 282 g/mol. The number of hydrogen-bond acceptors (Lipinski definition) is 3. The Hall–Kier alpha value is -2.50. The Morgan fingerprint density at radius 3 is 3.00 bits per heavy atom. The largest absolute Gasteiger partial charge is 0.496 e. The quantitative estimate of drug-likeness (QED) is 0.802. The van der Waals surface area contributed by atoms with Gasteiger partial charge in [0.15, 0.2) is 0 Å². The van der Waals surface area contributed by atoms with Crippen molar-refractivity contribution >= 4 is 22.7 Å². The van der Waals surface area contributed by atoms with Gasteiger partial charge in [-0.1, -0.05) is 13.0 Å². The van der Waals surface area contributed by atoms with Gasteiger partial charge in [0.25, 0.3) is 5.91 Å². The lowest BCUT2D eigenvalue weighted by Gasteiger charge is -2.27. The number of rotatable bonds is 3. The normalized spacial score (nSPS) is 21.5. The molecule has 22 heavy (non-hydrogen) atoms. The van der Waals surface area contributed by atoms with Crippen LogP contribution in [0.1, 0.15) is 23.8 Å². The van der Waals surface area contributed by atoms with E-state index < -0.39 is 6.04 Å². The molecule has 0 aliphatic carbocycles. The third-order valence-corrected chi connectivity index (χ3v) is 3.97. The zero-order chi connectivity index (χ0) is 15.7. The van der Waals surface area contributed by atoms with Crippen molar-refractivity contribution in [1.82, 2.24) is 15.6 Å². The number of carbonyl (C=O) groups is 2. The second-order valence-corrected chi connectivity index (χ2v) is 5.72. The number of nitrogens with one attached hydrogen (secondary N) is 3. The molecule has 3 N–H and O–H groups in total. The van der Waals surface area contributed by atoms with Crippen LogP contribution in [-0.4, -0.2) is 36.5 Å². The average molecular weight is 301 g/mol. The van der Waals surface area contributed by atoms with Gasteiger partial charge in [0.1, 0.15) is 17.5 Å². The standard InChI is InChI=1S/C16H19N3O3/c1-9-6-12(15(20)17-8-9)19-16(21)13-7-10-11(18-13)4-3-5-14(10)22-2/h3-5,7,9,12,18H,6,8H2,1-2H3,(H,17,20)(H,19,21)/t9?,12-/m0/s1. The number of ether oxygens (including phenoxy) is 1. The summed E-state index contributed by atoms with van der Waals surface area (Å²) in [5.74, 6) is 0.648. The zero-order valence-corrected chi connectivity index (χ0v) is 12.6. The van der Waals surface area contributed by atoms with E-state index in [9.17, 15) is 9.59 Å². The minimum atomic E-state index is -0.482. The fourth-order valence-electron chi connectivity index (χ4n) is 2.78. The Bertz CT molecular complexity index is 722. The number of hydrogen-bond donors (Lipinski definition) is 3. The SMILES string of the molecule is COc1cccc2[nH]c(C(=O)N[C@H]3CC(C)CNC3=O)cc12. The summed E-state index contributed by atoms with van der Waals surface area (Å²) >= 11 is 0. The minimum absolute atomic E-state index is 0.125. The number of benzene rings is 1. The summed E-state index contributed by atoms with van der Waals surface area (Å²) < 4.78 is 5.29. The lowest BCUT2D eigenvalue weighted by Crippen LogP contribution is -2.52. The van der Waals surface area contributed by atoms with Crippen LogP contribution in [0.15, 0.2) is 24.3 Å². The maximum Gasteiger partial charge on any atom is 0.268 e. The summed E-state index contributed by atoms with van der Waals surface area (Å²) in [4.78, 5) is 27.3. The minimum Gasteiger partial charge on any atom is -0.496 e. The predicted octanol–water partition coefficient (Wildman–Crippen LogP) is 1.43. The molecular formula is C16H19N3O3. The smallest absolute Gasteiger partial charge is 0.268 e. The van der Waals surface area contributed by atoms with Gasteiger partial charge >= 0.3 is 0 Å². The second kappa shape index (κ2) is 5.71. The Kier molecular flexibility index (Phi) is 3.75. The molecule has 1 unspecified atom stereocenters. The van der Waals surface area contributed by atoms with Gasteiger partial charge in [-0.25, -0.2) is 0 Å². The number of fused-ring (bicyclic) bond motifs is 1. The van der Waals surface area contributed by atoms with Gasteiger partial charge in [0.05, 0.1) is 7.11 Å². The average Bonchev–Trinajstić information content (AvgIpc) is 2.95. The lowest BCUT2D eigenvalue weighted by molar-refractivity contribution is -0.125. The Balaban J connectivity index is 1.81. The number of aromatic nitrogens is 1. The summed E-state index contributed by atoms with van der Waals surface area (Å²) in [6.07, 6.45) is 0.654. The van der Waals surface area contributed by atoms with Crippen molar-refractivity contribution in [2.24, 2.45) is 5.92 Å². The third-order valence-electron chi connectivity index (χ3n) is 3.97. The molecule has 1 aliphatic rings. The summed E-state index contributed by atoms with van der Waals surface area (Å²) in [5, 5.41) is 6.43. The summed E-state index contributed by atoms with van der Waals surface area (Å²) in [5.41, 5.74) is 1.25. The fraction of sp³-hybridized carbons (Fsp3) is 0.375. The highest BCUT2D eigenvalue weighted by Gasteiger charge is 2.28. The van der Waals surface area contributed by atoms with Crippen LogP contribution in [0, 0.1) is 5.92 Å². The Morgan fingerprint density at radius 1 is 1.41 bits per heavy atom. The van der Waals surface area contributed by atoms with E-state index in [2.05, 4.69) is 15.6 Å². The number of amides is 2. The first kappa shape index (κ1) is 14.4. The molecule has 1 aromatic carbocycles. The number of piperidine rings is 1. The first-order valence-corrected chi connectivity index (χ1v) is 7.32. The molecule has 0 radical (unpaired) electrons. The van der Waals surface area contributed by atoms with E-state index in [4.69, 9.17) is 4.74 Å². The molecule has 1 saturated heterocycles. The van der Waals surface area contributed by atoms with Gasteiger partial charge < -0.3 is 20.4 Å². The van der Waals surface area contributed by atoms with E-state index in [1.807, 2.05) is 25.1 Å². The predicted molar refractivity (Wildman–Crippen MR) is 82.9 cm³/mol. The van der Waals surface area contributed by atoms with Crippen molar-refractivity contribution in [1.29, 1.82) is 0 Å².